The van der Waals surface area contributed by atoms with Crippen LogP contribution in [0.2, 0.25) is 0 Å². The number of carbonyl (C=O) groups is 1. The van der Waals surface area contributed by atoms with Crippen LogP contribution in [0.4, 0.5) is 15.9 Å². The van der Waals surface area contributed by atoms with E-state index < -0.39 is 5.91 Å². The van der Waals surface area contributed by atoms with Crippen molar-refractivity contribution in [2.45, 2.75) is 19.0 Å². The van der Waals surface area contributed by atoms with Crippen LogP contribution in [0.15, 0.2) is 41.4 Å². The molecule has 1 fully saturated rings. The van der Waals surface area contributed by atoms with Crippen LogP contribution in [0.5, 0.6) is 0 Å². The van der Waals surface area contributed by atoms with Crippen molar-refractivity contribution < 1.29 is 9.18 Å². The first-order chi connectivity index (χ1) is 14.5. The summed E-state index contributed by atoms with van der Waals surface area (Å²) >= 11 is 1.55. The number of likely N-dealkylation sites (tertiary alicyclic amines) is 1. The Balaban J connectivity index is 1.59. The van der Waals surface area contributed by atoms with Crippen molar-refractivity contribution in [3.05, 3.63) is 58.4 Å². The van der Waals surface area contributed by atoms with Crippen LogP contribution in [0, 0.1) is 23.1 Å². The van der Waals surface area contributed by atoms with Crippen LogP contribution in [0.1, 0.15) is 28.5 Å². The molecule has 0 spiro atoms. The Morgan fingerprint density at radius 2 is 2.20 bits per heavy atom. The van der Waals surface area contributed by atoms with Gasteiger partial charge in [-0.15, -0.1) is 11.3 Å². The molecule has 3 aromatic rings. The number of nitriles is 1. The van der Waals surface area contributed by atoms with Gasteiger partial charge >= 0.3 is 0 Å². The van der Waals surface area contributed by atoms with E-state index in [0.29, 0.717) is 25.2 Å². The van der Waals surface area contributed by atoms with E-state index in [1.807, 2.05) is 5.38 Å². The van der Waals surface area contributed by atoms with Gasteiger partial charge in [0.2, 0.25) is 0 Å². The molecule has 0 saturated carbocycles. The van der Waals surface area contributed by atoms with Gasteiger partial charge in [-0.2, -0.15) is 10.4 Å². The van der Waals surface area contributed by atoms with Gasteiger partial charge in [0.25, 0.3) is 5.91 Å². The average Bonchev–Trinajstić information content (AvgIpc) is 3.40. The number of rotatable bonds is 6. The normalized spacial score (nSPS) is 19.3. The Hall–Kier alpha value is -3.29. The summed E-state index contributed by atoms with van der Waals surface area (Å²) in [5.74, 6) is -0.951. The van der Waals surface area contributed by atoms with Gasteiger partial charge in [0.05, 0.1) is 29.2 Å². The van der Waals surface area contributed by atoms with E-state index in [4.69, 9.17) is 5.73 Å². The minimum absolute atomic E-state index is 0.215. The molecule has 3 heterocycles. The zero-order chi connectivity index (χ0) is 21.1. The predicted octanol–water partition coefficient (Wildman–Crippen LogP) is 2.91. The van der Waals surface area contributed by atoms with Gasteiger partial charge in [-0.1, -0.05) is 0 Å². The number of piperidine rings is 1. The third kappa shape index (κ3) is 4.32. The van der Waals surface area contributed by atoms with Crippen molar-refractivity contribution in [3.8, 4) is 6.07 Å². The minimum atomic E-state index is -0.630. The summed E-state index contributed by atoms with van der Waals surface area (Å²) in [6, 6.07) is 7.86. The molecule has 0 bridgehead atoms. The quantitative estimate of drug-likeness (QED) is 0.628. The maximum Gasteiger partial charge on any atom is 0.254 e. The lowest BCUT2D eigenvalue weighted by Crippen LogP contribution is -2.41. The Labute approximate surface area is 176 Å². The lowest BCUT2D eigenvalue weighted by molar-refractivity contribution is 0.1000. The molecule has 2 atom stereocenters. The highest BCUT2D eigenvalue weighted by Crippen LogP contribution is 2.30. The number of carbonyl (C=O) groups excluding carboxylic acids is 1. The second-order valence-corrected chi connectivity index (χ2v) is 7.89. The van der Waals surface area contributed by atoms with Gasteiger partial charge in [0.1, 0.15) is 11.4 Å². The minimum Gasteiger partial charge on any atom is -0.365 e. The summed E-state index contributed by atoms with van der Waals surface area (Å²) in [5.41, 5.74) is 9.13. The number of hydrogen-bond acceptors (Lipinski definition) is 7. The first kappa shape index (κ1) is 20.0. The number of aromatic nitrogens is 3. The van der Waals surface area contributed by atoms with E-state index in [2.05, 4.69) is 26.4 Å². The summed E-state index contributed by atoms with van der Waals surface area (Å²) in [6.07, 6.45) is 2.27. The summed E-state index contributed by atoms with van der Waals surface area (Å²) in [6.45, 7) is 2.09. The third-order valence-corrected chi connectivity index (χ3v) is 5.78. The van der Waals surface area contributed by atoms with E-state index in [9.17, 15) is 14.4 Å². The molecule has 0 aliphatic carbocycles. The van der Waals surface area contributed by atoms with Crippen molar-refractivity contribution in [1.82, 2.24) is 19.7 Å². The first-order valence-corrected chi connectivity index (χ1v) is 10.4. The lowest BCUT2D eigenvalue weighted by Gasteiger charge is -2.35. The van der Waals surface area contributed by atoms with Gasteiger partial charge < -0.3 is 11.1 Å². The lowest BCUT2D eigenvalue weighted by atomic mass is 9.93. The molecule has 8 nitrogen and oxygen atoms in total. The average molecular weight is 425 g/mol. The molecule has 0 unspecified atom stereocenters. The highest BCUT2D eigenvalue weighted by Gasteiger charge is 2.32. The molecule has 1 aliphatic heterocycles. The molecule has 2 aromatic heterocycles. The van der Waals surface area contributed by atoms with Crippen molar-refractivity contribution in [2.24, 2.45) is 11.7 Å². The summed E-state index contributed by atoms with van der Waals surface area (Å²) < 4.78 is 14.8. The second kappa shape index (κ2) is 8.61. The van der Waals surface area contributed by atoms with E-state index in [1.165, 1.54) is 12.1 Å². The molecule has 1 saturated heterocycles. The molecule has 10 heteroatoms. The van der Waals surface area contributed by atoms with E-state index in [-0.39, 0.29) is 29.2 Å². The monoisotopic (exact) mass is 425 g/mol. The highest BCUT2D eigenvalue weighted by atomic mass is 32.1. The molecular formula is C20H20FN7OS. The van der Waals surface area contributed by atoms with Crippen molar-refractivity contribution in [3.63, 3.8) is 0 Å². The molecule has 0 radical (unpaired) electrons. The molecule has 154 valence electrons. The van der Waals surface area contributed by atoms with Crippen LogP contribution < -0.4 is 11.1 Å². The van der Waals surface area contributed by atoms with Crippen LogP contribution in [-0.2, 0) is 6.54 Å². The SMILES string of the molecule is N#C[C@H]1CCN(Cc2cscn2)C[C@@H]1n1cc(C(N)=O)c(Nc2ccc(F)cc2)n1. The number of anilines is 2. The highest BCUT2D eigenvalue weighted by molar-refractivity contribution is 7.07. The van der Waals surface area contributed by atoms with Gasteiger partial charge in [0, 0.05) is 30.4 Å². The largest absolute Gasteiger partial charge is 0.365 e. The molecular weight excluding hydrogens is 405 g/mol. The molecule has 1 amide bonds. The number of nitrogens with one attached hydrogen (secondary N) is 1. The number of amides is 1. The fourth-order valence-corrected chi connectivity index (χ4v) is 4.16. The van der Waals surface area contributed by atoms with Gasteiger partial charge in [0.15, 0.2) is 5.82 Å². The van der Waals surface area contributed by atoms with Crippen molar-refractivity contribution in [2.75, 3.05) is 18.4 Å². The number of nitrogens with two attached hydrogens (primary N) is 1. The summed E-state index contributed by atoms with van der Waals surface area (Å²) in [7, 11) is 0. The topological polar surface area (TPSA) is 113 Å². The Bertz CT molecular complexity index is 1060. The van der Waals surface area contributed by atoms with Crippen LogP contribution >= 0.6 is 11.3 Å². The number of primary amides is 1. The van der Waals surface area contributed by atoms with E-state index in [0.717, 1.165) is 12.2 Å². The number of nitrogens with zero attached hydrogens (tertiary/aromatic N) is 5. The zero-order valence-corrected chi connectivity index (χ0v) is 16.8. The van der Waals surface area contributed by atoms with E-state index >= 15 is 0 Å². The van der Waals surface area contributed by atoms with Crippen molar-refractivity contribution in [1.29, 1.82) is 5.26 Å². The molecule has 4 rings (SSSR count). The fourth-order valence-electron chi connectivity index (χ4n) is 3.61. The van der Waals surface area contributed by atoms with Crippen LogP contribution in [0.3, 0.4) is 0 Å². The third-order valence-electron chi connectivity index (χ3n) is 5.15. The smallest absolute Gasteiger partial charge is 0.254 e. The summed E-state index contributed by atoms with van der Waals surface area (Å²) in [4.78, 5) is 18.5. The van der Waals surface area contributed by atoms with Crippen LogP contribution in [0.25, 0.3) is 0 Å². The van der Waals surface area contributed by atoms with Crippen molar-refractivity contribution >= 4 is 28.7 Å². The first-order valence-electron chi connectivity index (χ1n) is 9.44. The zero-order valence-electron chi connectivity index (χ0n) is 16.0. The number of hydrogen-bond donors (Lipinski definition) is 2. The second-order valence-electron chi connectivity index (χ2n) is 7.17. The summed E-state index contributed by atoms with van der Waals surface area (Å²) in [5, 5.41) is 19.2. The van der Waals surface area contributed by atoms with Gasteiger partial charge in [-0.3, -0.25) is 14.4 Å². The maximum atomic E-state index is 13.2. The molecule has 1 aliphatic rings. The van der Waals surface area contributed by atoms with Gasteiger partial charge in [-0.25, -0.2) is 9.37 Å². The fraction of sp³-hybridized carbons (Fsp3) is 0.300. The predicted molar refractivity (Wildman–Crippen MR) is 111 cm³/mol. The number of benzene rings is 1. The Kier molecular flexibility index (Phi) is 5.74. The molecule has 3 N–H and O–H groups in total. The maximum absolute atomic E-state index is 13.2. The molecule has 30 heavy (non-hydrogen) atoms. The van der Waals surface area contributed by atoms with Gasteiger partial charge in [-0.05, 0) is 37.2 Å². The van der Waals surface area contributed by atoms with E-state index in [1.54, 1.807) is 39.9 Å². The van der Waals surface area contributed by atoms with Crippen LogP contribution in [-0.4, -0.2) is 38.7 Å². The standard InChI is InChI=1S/C20H20FN7OS/c21-14-1-3-15(4-2-14)25-20-17(19(23)29)9-28(26-20)18-10-27(6-5-13(18)7-22)8-16-11-30-12-24-16/h1-4,9,11-13,18H,5-6,8,10H2,(H2,23,29)(H,25,26)/t13-,18+/m1/s1. The Morgan fingerprint density at radius 1 is 1.40 bits per heavy atom. The Morgan fingerprint density at radius 3 is 2.87 bits per heavy atom. The number of thiazole rings is 1. The molecule has 1 aromatic carbocycles. The number of halogens is 1.